The minimum Gasteiger partial charge on any atom is -0.484 e. The number of ether oxygens (including phenoxy) is 2. The minimum atomic E-state index is -0.933. The van der Waals surface area contributed by atoms with Gasteiger partial charge in [0.1, 0.15) is 5.75 Å². The van der Waals surface area contributed by atoms with Crippen molar-refractivity contribution in [2.75, 3.05) is 25.1 Å². The van der Waals surface area contributed by atoms with Crippen LogP contribution in [0.25, 0.3) is 0 Å². The average Bonchev–Trinajstić information content (AvgIpc) is 2.73. The molecule has 2 aromatic rings. The molecule has 0 radical (unpaired) electrons. The molecule has 1 unspecified atom stereocenters. The Labute approximate surface area is 181 Å². The Balaban J connectivity index is 1.50. The number of carbonyl (C=O) groups excluding carboxylic acids is 1. The molecule has 0 saturated carbocycles. The van der Waals surface area contributed by atoms with Crippen molar-refractivity contribution in [3.8, 4) is 5.75 Å². The molecule has 162 valence electrons. The summed E-state index contributed by atoms with van der Waals surface area (Å²) in [7, 11) is -0.933. The van der Waals surface area contributed by atoms with Crippen LogP contribution in [0, 0.1) is 0 Å². The zero-order chi connectivity index (χ0) is 21.6. The van der Waals surface area contributed by atoms with E-state index in [0.29, 0.717) is 30.4 Å². The number of carbonyl (C=O) groups is 1. The lowest BCUT2D eigenvalue weighted by atomic mass is 9.87. The van der Waals surface area contributed by atoms with Gasteiger partial charge in [0.15, 0.2) is 6.61 Å². The van der Waals surface area contributed by atoms with E-state index in [-0.39, 0.29) is 23.2 Å². The molecule has 0 bridgehead atoms. The molecule has 1 aliphatic rings. The first-order chi connectivity index (χ1) is 14.3. The van der Waals surface area contributed by atoms with Gasteiger partial charge in [0.2, 0.25) is 0 Å². The van der Waals surface area contributed by atoms with Crippen LogP contribution in [0.3, 0.4) is 0 Å². The van der Waals surface area contributed by atoms with E-state index in [4.69, 9.17) is 9.47 Å². The van der Waals surface area contributed by atoms with E-state index in [1.807, 2.05) is 48.5 Å². The summed E-state index contributed by atoms with van der Waals surface area (Å²) in [4.78, 5) is 12.3. The van der Waals surface area contributed by atoms with Crippen molar-refractivity contribution in [2.24, 2.45) is 0 Å². The molecule has 0 aliphatic carbocycles. The molecule has 0 spiro atoms. The third-order valence-electron chi connectivity index (χ3n) is 5.15. The van der Waals surface area contributed by atoms with Crippen LogP contribution >= 0.6 is 0 Å². The lowest BCUT2D eigenvalue weighted by Crippen LogP contribution is -2.25. The fourth-order valence-electron chi connectivity index (χ4n) is 3.36. The molecule has 1 atom stereocenters. The lowest BCUT2D eigenvalue weighted by Gasteiger charge is -2.21. The monoisotopic (exact) mass is 429 g/mol. The standard InChI is InChI=1S/C24H31NO4S/c1-24(2,3)19-7-9-21(10-8-19)29-16-23(26)25-20-6-4-5-18(15-20)17-30(27)22-11-13-28-14-12-22/h4-10,15,22H,11-14,16-17H2,1-3H3,(H,25,26). The maximum absolute atomic E-state index is 12.6. The highest BCUT2D eigenvalue weighted by molar-refractivity contribution is 7.84. The number of nitrogens with one attached hydrogen (secondary N) is 1. The van der Waals surface area contributed by atoms with E-state index >= 15 is 0 Å². The highest BCUT2D eigenvalue weighted by Crippen LogP contribution is 2.24. The summed E-state index contributed by atoms with van der Waals surface area (Å²) in [5.41, 5.74) is 2.94. The van der Waals surface area contributed by atoms with Gasteiger partial charge in [-0.1, -0.05) is 45.0 Å². The van der Waals surface area contributed by atoms with E-state index in [9.17, 15) is 9.00 Å². The largest absolute Gasteiger partial charge is 0.484 e. The Morgan fingerprint density at radius 3 is 2.50 bits per heavy atom. The molecule has 0 aromatic heterocycles. The number of amides is 1. The average molecular weight is 430 g/mol. The second kappa shape index (κ2) is 10.2. The van der Waals surface area contributed by atoms with Gasteiger partial charge in [0.05, 0.1) is 0 Å². The second-order valence-corrected chi connectivity index (χ2v) is 10.4. The van der Waals surface area contributed by atoms with Gasteiger partial charge in [-0.2, -0.15) is 0 Å². The minimum absolute atomic E-state index is 0.0624. The zero-order valence-corrected chi connectivity index (χ0v) is 18.8. The van der Waals surface area contributed by atoms with Gasteiger partial charge in [-0.25, -0.2) is 0 Å². The summed E-state index contributed by atoms with van der Waals surface area (Å²) >= 11 is 0. The summed E-state index contributed by atoms with van der Waals surface area (Å²) in [5.74, 6) is 0.932. The van der Waals surface area contributed by atoms with Gasteiger partial charge in [0.25, 0.3) is 5.91 Å². The van der Waals surface area contributed by atoms with E-state index in [2.05, 4.69) is 26.1 Å². The Kier molecular flexibility index (Phi) is 7.67. The van der Waals surface area contributed by atoms with Gasteiger partial charge in [0, 0.05) is 40.7 Å². The SMILES string of the molecule is CC(C)(C)c1ccc(OCC(=O)Nc2cccc(CS(=O)C3CCOCC3)c2)cc1. The molecule has 2 aromatic carbocycles. The molecule has 1 amide bonds. The molecule has 1 aliphatic heterocycles. The van der Waals surface area contributed by atoms with Crippen LogP contribution in [0.1, 0.15) is 44.7 Å². The first kappa shape index (κ1) is 22.5. The van der Waals surface area contributed by atoms with Crippen LogP contribution < -0.4 is 10.1 Å². The van der Waals surface area contributed by atoms with Crippen molar-refractivity contribution in [3.63, 3.8) is 0 Å². The summed E-state index contributed by atoms with van der Waals surface area (Å²) in [6, 6.07) is 15.4. The van der Waals surface area contributed by atoms with Crippen LogP contribution in [-0.4, -0.2) is 35.2 Å². The van der Waals surface area contributed by atoms with Crippen LogP contribution in [0.2, 0.25) is 0 Å². The zero-order valence-electron chi connectivity index (χ0n) is 18.0. The van der Waals surface area contributed by atoms with Crippen molar-refractivity contribution < 1.29 is 18.5 Å². The Morgan fingerprint density at radius 2 is 1.83 bits per heavy atom. The molecule has 5 nitrogen and oxygen atoms in total. The molecule has 3 rings (SSSR count). The van der Waals surface area contributed by atoms with Gasteiger partial charge in [-0.05, 0) is 53.6 Å². The maximum Gasteiger partial charge on any atom is 0.262 e. The molecule has 6 heteroatoms. The lowest BCUT2D eigenvalue weighted by molar-refractivity contribution is -0.118. The maximum atomic E-state index is 12.6. The quantitative estimate of drug-likeness (QED) is 0.707. The molecule has 30 heavy (non-hydrogen) atoms. The predicted octanol–water partition coefficient (Wildman–Crippen LogP) is 4.43. The summed E-state index contributed by atoms with van der Waals surface area (Å²) in [5, 5.41) is 3.05. The molecule has 1 heterocycles. The molecular weight excluding hydrogens is 398 g/mol. The number of hydrogen-bond donors (Lipinski definition) is 1. The first-order valence-corrected chi connectivity index (χ1v) is 11.8. The van der Waals surface area contributed by atoms with E-state index in [1.54, 1.807) is 0 Å². The Morgan fingerprint density at radius 1 is 1.13 bits per heavy atom. The summed E-state index contributed by atoms with van der Waals surface area (Å²) in [6.45, 7) is 7.78. The van der Waals surface area contributed by atoms with Crippen LogP contribution in [-0.2, 0) is 31.5 Å². The van der Waals surface area contributed by atoms with Gasteiger partial charge in [-0.3, -0.25) is 9.00 Å². The predicted molar refractivity (Wildman–Crippen MR) is 121 cm³/mol. The van der Waals surface area contributed by atoms with Crippen LogP contribution in [0.5, 0.6) is 5.75 Å². The normalized spacial score (nSPS) is 16.1. The van der Waals surface area contributed by atoms with Gasteiger partial charge >= 0.3 is 0 Å². The smallest absolute Gasteiger partial charge is 0.262 e. The van der Waals surface area contributed by atoms with Crippen molar-refractivity contribution in [1.82, 2.24) is 0 Å². The molecule has 1 saturated heterocycles. The van der Waals surface area contributed by atoms with Crippen molar-refractivity contribution >= 4 is 22.4 Å². The number of rotatable bonds is 7. The Hall–Kier alpha value is -2.18. The van der Waals surface area contributed by atoms with Crippen molar-refractivity contribution in [2.45, 2.75) is 50.0 Å². The van der Waals surface area contributed by atoms with E-state index < -0.39 is 10.8 Å². The second-order valence-electron chi connectivity index (χ2n) is 8.65. The molecule has 1 N–H and O–H groups in total. The van der Waals surface area contributed by atoms with E-state index in [0.717, 1.165) is 18.4 Å². The van der Waals surface area contributed by atoms with Crippen LogP contribution in [0.15, 0.2) is 48.5 Å². The van der Waals surface area contributed by atoms with Gasteiger partial charge in [-0.15, -0.1) is 0 Å². The van der Waals surface area contributed by atoms with Gasteiger partial charge < -0.3 is 14.8 Å². The summed E-state index contributed by atoms with van der Waals surface area (Å²) < 4.78 is 23.5. The topological polar surface area (TPSA) is 64.6 Å². The number of anilines is 1. The van der Waals surface area contributed by atoms with Crippen molar-refractivity contribution in [3.05, 3.63) is 59.7 Å². The van der Waals surface area contributed by atoms with Crippen molar-refractivity contribution in [1.29, 1.82) is 0 Å². The summed E-state index contributed by atoms with van der Waals surface area (Å²) in [6.07, 6.45) is 1.69. The Bertz CT molecular complexity index is 868. The fourth-order valence-corrected chi connectivity index (χ4v) is 4.82. The molecule has 1 fully saturated rings. The van der Waals surface area contributed by atoms with Crippen LogP contribution in [0.4, 0.5) is 5.69 Å². The number of benzene rings is 2. The molecular formula is C24H31NO4S. The van der Waals surface area contributed by atoms with E-state index in [1.165, 1.54) is 5.56 Å². The first-order valence-electron chi connectivity index (χ1n) is 10.4. The third kappa shape index (κ3) is 6.67. The third-order valence-corrected chi connectivity index (χ3v) is 6.98. The fraction of sp³-hybridized carbons (Fsp3) is 0.458. The highest BCUT2D eigenvalue weighted by atomic mass is 32.2. The highest BCUT2D eigenvalue weighted by Gasteiger charge is 2.20. The number of hydrogen-bond acceptors (Lipinski definition) is 4.